The molecule has 0 bridgehead atoms. The summed E-state index contributed by atoms with van der Waals surface area (Å²) in [6.45, 7) is 8.67. The first kappa shape index (κ1) is 28.7. The summed E-state index contributed by atoms with van der Waals surface area (Å²) >= 11 is 1.46. The molecular formula is C27H28Cl2Zr-2. The van der Waals surface area contributed by atoms with Crippen LogP contribution in [0.15, 0.2) is 95.6 Å². The van der Waals surface area contributed by atoms with Crippen molar-refractivity contribution in [2.75, 3.05) is 0 Å². The number of hydrogen-bond donors (Lipinski definition) is 0. The van der Waals surface area contributed by atoms with Crippen LogP contribution in [0, 0.1) is 18.1 Å². The summed E-state index contributed by atoms with van der Waals surface area (Å²) in [6.07, 6.45) is 13.4. The van der Waals surface area contributed by atoms with Gasteiger partial charge in [-0.3, -0.25) is 12.2 Å². The molecule has 0 saturated heterocycles. The van der Waals surface area contributed by atoms with Crippen molar-refractivity contribution in [2.24, 2.45) is 5.92 Å². The van der Waals surface area contributed by atoms with Crippen LogP contribution >= 0.6 is 0 Å². The van der Waals surface area contributed by atoms with Crippen molar-refractivity contribution in [1.29, 1.82) is 0 Å². The Kier molecular flexibility index (Phi) is 14.9. The van der Waals surface area contributed by atoms with Gasteiger partial charge in [-0.25, -0.2) is 17.7 Å². The number of halogens is 2. The molecule has 0 amide bonds. The van der Waals surface area contributed by atoms with E-state index in [-0.39, 0.29) is 24.8 Å². The summed E-state index contributed by atoms with van der Waals surface area (Å²) in [5, 5.41) is 0. The average molecular weight is 515 g/mol. The molecule has 30 heavy (non-hydrogen) atoms. The molecule has 0 nitrogen and oxygen atoms in total. The van der Waals surface area contributed by atoms with E-state index in [2.05, 4.69) is 107 Å². The number of benzene rings is 2. The summed E-state index contributed by atoms with van der Waals surface area (Å²) in [5.74, 6) is 0.560. The predicted molar refractivity (Wildman–Crippen MR) is 118 cm³/mol. The predicted octanol–water partition coefficient (Wildman–Crippen LogP) is 0.838. The Bertz CT molecular complexity index is 839. The van der Waals surface area contributed by atoms with Gasteiger partial charge in [0.1, 0.15) is 0 Å². The van der Waals surface area contributed by atoms with Gasteiger partial charge in [0.05, 0.1) is 0 Å². The monoisotopic (exact) mass is 512 g/mol. The van der Waals surface area contributed by atoms with Crippen LogP contribution in [0.4, 0.5) is 0 Å². The van der Waals surface area contributed by atoms with Crippen LogP contribution in [0.1, 0.15) is 45.2 Å². The Balaban J connectivity index is 0.000000454. The molecule has 0 spiro atoms. The zero-order valence-corrected chi connectivity index (χ0v) is 22.0. The van der Waals surface area contributed by atoms with Crippen LogP contribution in [-0.4, -0.2) is 3.21 Å². The van der Waals surface area contributed by atoms with E-state index < -0.39 is 0 Å². The summed E-state index contributed by atoms with van der Waals surface area (Å²) in [6, 6.07) is 21.1. The van der Waals surface area contributed by atoms with E-state index in [4.69, 9.17) is 0 Å². The first-order chi connectivity index (χ1) is 13.5. The fourth-order valence-corrected chi connectivity index (χ4v) is 3.70. The molecule has 1 unspecified atom stereocenters. The number of hydrogen-bond acceptors (Lipinski definition) is 0. The molecule has 0 aromatic heterocycles. The van der Waals surface area contributed by atoms with E-state index in [1.165, 1.54) is 55.3 Å². The maximum atomic E-state index is 3.36. The molecule has 2 aromatic carbocycles. The van der Waals surface area contributed by atoms with Crippen LogP contribution in [0.3, 0.4) is 0 Å². The molecule has 2 aliphatic rings. The molecule has 0 heterocycles. The minimum absolute atomic E-state index is 0. The van der Waals surface area contributed by atoms with Crippen LogP contribution < -0.4 is 24.8 Å². The molecule has 0 radical (unpaired) electrons. The van der Waals surface area contributed by atoms with E-state index in [1.807, 2.05) is 12.2 Å². The first-order valence-electron chi connectivity index (χ1n) is 9.69. The third kappa shape index (κ3) is 9.26. The second-order valence-corrected chi connectivity index (χ2v) is 8.14. The Labute approximate surface area is 210 Å². The molecule has 3 heteroatoms. The number of rotatable bonds is 2. The fourth-order valence-electron chi connectivity index (χ4n) is 2.88. The van der Waals surface area contributed by atoms with Gasteiger partial charge in [-0.1, -0.05) is 26.7 Å². The van der Waals surface area contributed by atoms with Crippen molar-refractivity contribution in [1.82, 2.24) is 0 Å². The van der Waals surface area contributed by atoms with Crippen molar-refractivity contribution >= 4 is 3.21 Å². The van der Waals surface area contributed by atoms with Gasteiger partial charge in [-0.05, 0) is 0 Å². The van der Waals surface area contributed by atoms with Gasteiger partial charge in [-0.2, -0.15) is 17.2 Å². The molecule has 1 atom stereocenters. The van der Waals surface area contributed by atoms with Crippen molar-refractivity contribution in [2.45, 2.75) is 34.1 Å². The van der Waals surface area contributed by atoms with Crippen LogP contribution in [0.25, 0.3) is 0 Å². The van der Waals surface area contributed by atoms with Gasteiger partial charge in [0.2, 0.25) is 0 Å². The molecule has 0 N–H and O–H groups in total. The van der Waals surface area contributed by atoms with E-state index in [0.29, 0.717) is 5.92 Å². The van der Waals surface area contributed by atoms with Gasteiger partial charge >= 0.3 is 99.2 Å². The molecule has 0 fully saturated rings. The Morgan fingerprint density at radius 1 is 0.867 bits per heavy atom. The first-order valence-corrected chi connectivity index (χ1v) is 10.9. The van der Waals surface area contributed by atoms with Crippen molar-refractivity contribution in [3.63, 3.8) is 0 Å². The molecule has 0 saturated carbocycles. The van der Waals surface area contributed by atoms with Crippen LogP contribution in [0.5, 0.6) is 0 Å². The van der Waals surface area contributed by atoms with Gasteiger partial charge in [0, 0.05) is 0 Å². The SMILES string of the molecule is CC1=[C-]C(C)C(C)=C1C.[C-]1=CC=CC1.[Cl-].[Cl-].[Zr+2]=[C](c1ccccc1)c1ccccc1. The maximum absolute atomic E-state index is 3.36. The zero-order valence-electron chi connectivity index (χ0n) is 18.0. The molecule has 0 aliphatic heterocycles. The second kappa shape index (κ2) is 15.5. The zero-order chi connectivity index (χ0) is 20.4. The average Bonchev–Trinajstić information content (AvgIpc) is 3.39. The molecule has 156 valence electrons. The third-order valence-corrected chi connectivity index (χ3v) is 6.37. The van der Waals surface area contributed by atoms with Crippen LogP contribution in [0.2, 0.25) is 0 Å². The summed E-state index contributed by atoms with van der Waals surface area (Å²) in [4.78, 5) is 0. The van der Waals surface area contributed by atoms with E-state index in [0.717, 1.165) is 6.42 Å². The molecule has 2 aliphatic carbocycles. The Morgan fingerprint density at radius 3 is 1.60 bits per heavy atom. The summed E-state index contributed by atoms with van der Waals surface area (Å²) in [5.41, 5.74) is 6.91. The summed E-state index contributed by atoms with van der Waals surface area (Å²) in [7, 11) is 0. The summed E-state index contributed by atoms with van der Waals surface area (Å²) < 4.78 is 1.42. The normalized spacial score (nSPS) is 15.7. The molecular weight excluding hydrogens is 486 g/mol. The van der Waals surface area contributed by atoms with E-state index >= 15 is 0 Å². The third-order valence-electron chi connectivity index (χ3n) is 4.95. The van der Waals surface area contributed by atoms with Gasteiger partial charge in [0.25, 0.3) is 0 Å². The topological polar surface area (TPSA) is 0 Å². The van der Waals surface area contributed by atoms with Crippen LogP contribution in [-0.2, 0) is 24.2 Å². The van der Waals surface area contributed by atoms with Gasteiger partial charge < -0.3 is 24.8 Å². The van der Waals surface area contributed by atoms with Gasteiger partial charge in [0.15, 0.2) is 0 Å². The van der Waals surface area contributed by atoms with Crippen molar-refractivity contribution < 1.29 is 49.0 Å². The minimum atomic E-state index is 0. The molecule has 2 aromatic rings. The molecule has 4 rings (SSSR count). The van der Waals surface area contributed by atoms with Crippen molar-refractivity contribution in [3.8, 4) is 0 Å². The van der Waals surface area contributed by atoms with E-state index in [1.54, 1.807) is 0 Å². The van der Waals surface area contributed by atoms with Crippen molar-refractivity contribution in [3.05, 3.63) is 119 Å². The van der Waals surface area contributed by atoms with E-state index in [9.17, 15) is 0 Å². The second-order valence-electron chi connectivity index (χ2n) is 6.91. The quantitative estimate of drug-likeness (QED) is 0.522. The fraction of sp³-hybridized carbons (Fsp3) is 0.222. The Hall–Kier alpha value is -1.27. The number of allylic oxidation sites excluding steroid dienone is 8. The Morgan fingerprint density at radius 2 is 1.37 bits per heavy atom. The standard InChI is InChI=1S/C13H10.C9H13.C5H5.2ClH.Zr/c1-3-7-12(8-4-1)11-13-9-5-2-6-10-13;1-6-5-7(2)9(4)8(6)3;1-2-4-5-3-1;;;/h1-10H;6H,1-4H3;1-3H,4H2;2*1H;/q;2*-1;;;+2/p-2. The van der Waals surface area contributed by atoms with Gasteiger partial charge in [-0.15, -0.1) is 13.3 Å².